The maximum absolute atomic E-state index is 3.89. The third kappa shape index (κ3) is 1.53. The molecule has 1 heterocycles. The standard InChI is InChI=1S/C9H6N.BrH/c1-2-4-9-7-10-6-5-8(9)3-1;/h1-6H;1H/q+1;/p-1. The third-order valence-electron chi connectivity index (χ3n) is 1.47. The van der Waals surface area contributed by atoms with Gasteiger partial charge in [0.1, 0.15) is 12.4 Å². The molecule has 0 atom stereocenters. The maximum Gasteiger partial charge on any atom is 0.175 e. The molecule has 0 amide bonds. The number of fused-ring (bicyclic) bond motifs is 1. The van der Waals surface area contributed by atoms with Crippen LogP contribution in [0.2, 0.25) is 0 Å². The number of hydrogen-bond donors (Lipinski definition) is 0. The molecule has 1 aliphatic rings. The Morgan fingerprint density at radius 1 is 1.18 bits per heavy atom. The van der Waals surface area contributed by atoms with Gasteiger partial charge in [0.2, 0.25) is 0 Å². The molecular formula is C9H6BrN. The first-order valence-electron chi connectivity index (χ1n) is 3.18. The summed E-state index contributed by atoms with van der Waals surface area (Å²) in [5.74, 6) is 0. The van der Waals surface area contributed by atoms with Gasteiger partial charge in [-0.15, -0.1) is 4.99 Å². The molecule has 0 saturated carbocycles. The zero-order valence-corrected chi connectivity index (χ0v) is 7.38. The molecule has 0 saturated heterocycles. The van der Waals surface area contributed by atoms with Gasteiger partial charge in [-0.05, 0) is 18.2 Å². The van der Waals surface area contributed by atoms with Crippen molar-refractivity contribution in [3.8, 4) is 0 Å². The molecule has 0 aromatic heterocycles. The fraction of sp³-hybridized carbons (Fsp3) is 0. The van der Waals surface area contributed by atoms with Crippen molar-refractivity contribution in [2.75, 3.05) is 0 Å². The van der Waals surface area contributed by atoms with E-state index in [1.807, 2.05) is 30.3 Å². The van der Waals surface area contributed by atoms with E-state index in [1.165, 1.54) is 5.56 Å². The SMILES string of the molecule is [Br-].[C+]1=NC=Cc2ccccc21. The van der Waals surface area contributed by atoms with Crippen LogP contribution in [-0.4, -0.2) is 6.21 Å². The monoisotopic (exact) mass is 207 g/mol. The Morgan fingerprint density at radius 3 is 2.82 bits per heavy atom. The van der Waals surface area contributed by atoms with Crippen LogP contribution in [-0.2, 0) is 0 Å². The molecule has 54 valence electrons. The molecular weight excluding hydrogens is 202 g/mol. The summed E-state index contributed by atoms with van der Waals surface area (Å²) in [5.41, 5.74) is 2.27. The topological polar surface area (TPSA) is 12.4 Å². The fourth-order valence-corrected chi connectivity index (χ4v) is 0.969. The summed E-state index contributed by atoms with van der Waals surface area (Å²) < 4.78 is 0. The average molecular weight is 208 g/mol. The van der Waals surface area contributed by atoms with Crippen LogP contribution in [0, 0.1) is 0 Å². The van der Waals surface area contributed by atoms with Gasteiger partial charge in [0, 0.05) is 12.1 Å². The molecule has 1 aromatic carbocycles. The Morgan fingerprint density at radius 2 is 2.00 bits per heavy atom. The summed E-state index contributed by atoms with van der Waals surface area (Å²) in [6, 6.07) is 8.05. The second-order valence-corrected chi connectivity index (χ2v) is 2.14. The van der Waals surface area contributed by atoms with Crippen LogP contribution in [0.3, 0.4) is 0 Å². The summed E-state index contributed by atoms with van der Waals surface area (Å²) in [4.78, 5) is 3.89. The molecule has 0 N–H and O–H groups in total. The first-order chi connectivity index (χ1) is 4.97. The number of aliphatic imine (C=N–C) groups is 1. The largest absolute Gasteiger partial charge is 1.00 e. The second-order valence-electron chi connectivity index (χ2n) is 2.14. The van der Waals surface area contributed by atoms with E-state index in [-0.39, 0.29) is 17.0 Å². The Bertz CT molecular complexity index is 271. The lowest BCUT2D eigenvalue weighted by Crippen LogP contribution is -3.00. The predicted molar refractivity (Wildman–Crippen MR) is 42.0 cm³/mol. The molecule has 0 bridgehead atoms. The molecule has 1 aliphatic heterocycles. The van der Waals surface area contributed by atoms with Gasteiger partial charge in [-0.3, -0.25) is 0 Å². The van der Waals surface area contributed by atoms with Crippen LogP contribution in [0.4, 0.5) is 0 Å². The smallest absolute Gasteiger partial charge is 0.175 e. The zero-order chi connectivity index (χ0) is 6.81. The number of hydrogen-bond acceptors (Lipinski definition) is 1. The molecule has 1 nitrogen and oxygen atoms in total. The molecule has 0 aliphatic carbocycles. The van der Waals surface area contributed by atoms with E-state index in [9.17, 15) is 0 Å². The van der Waals surface area contributed by atoms with Crippen molar-refractivity contribution in [1.82, 2.24) is 0 Å². The van der Waals surface area contributed by atoms with Gasteiger partial charge >= 0.3 is 0 Å². The summed E-state index contributed by atoms with van der Waals surface area (Å²) in [6.45, 7) is 0. The van der Waals surface area contributed by atoms with Crippen LogP contribution in [0.25, 0.3) is 6.08 Å². The van der Waals surface area contributed by atoms with E-state index in [0.29, 0.717) is 0 Å². The number of rotatable bonds is 0. The van der Waals surface area contributed by atoms with Crippen molar-refractivity contribution in [1.29, 1.82) is 0 Å². The highest BCUT2D eigenvalue weighted by atomic mass is 79.9. The molecule has 0 fully saturated rings. The Kier molecular flexibility index (Phi) is 2.53. The first kappa shape index (κ1) is 8.12. The summed E-state index contributed by atoms with van der Waals surface area (Å²) in [6.07, 6.45) is 6.63. The third-order valence-corrected chi connectivity index (χ3v) is 1.47. The Hall–Kier alpha value is -0.980. The van der Waals surface area contributed by atoms with Crippen molar-refractivity contribution in [3.05, 3.63) is 41.6 Å². The number of nitrogens with zero attached hydrogens (tertiary/aromatic N) is 1. The van der Waals surface area contributed by atoms with Gasteiger partial charge in [-0.25, -0.2) is 0 Å². The second kappa shape index (κ2) is 3.42. The van der Waals surface area contributed by atoms with Crippen molar-refractivity contribution in [2.24, 2.45) is 4.99 Å². The van der Waals surface area contributed by atoms with Crippen LogP contribution >= 0.6 is 0 Å². The molecule has 0 unspecified atom stereocenters. The van der Waals surface area contributed by atoms with E-state index < -0.39 is 0 Å². The summed E-state index contributed by atoms with van der Waals surface area (Å²) in [5, 5.41) is 0. The fourth-order valence-electron chi connectivity index (χ4n) is 0.969. The minimum absolute atomic E-state index is 0. The zero-order valence-electron chi connectivity index (χ0n) is 5.79. The molecule has 2 heteroatoms. The van der Waals surface area contributed by atoms with Gasteiger partial charge in [0.05, 0.1) is 5.56 Å². The average Bonchev–Trinajstić information content (AvgIpc) is 2.05. The van der Waals surface area contributed by atoms with Gasteiger partial charge in [-0.2, -0.15) is 0 Å². The number of benzene rings is 1. The van der Waals surface area contributed by atoms with Crippen LogP contribution in [0.5, 0.6) is 0 Å². The van der Waals surface area contributed by atoms with E-state index in [0.717, 1.165) is 5.56 Å². The van der Waals surface area contributed by atoms with Crippen molar-refractivity contribution in [2.45, 2.75) is 0 Å². The number of halogens is 1. The van der Waals surface area contributed by atoms with Gasteiger partial charge in [0.15, 0.2) is 5.56 Å². The quantitative estimate of drug-likeness (QED) is 0.483. The van der Waals surface area contributed by atoms with Crippen molar-refractivity contribution >= 4 is 12.3 Å². The molecule has 0 spiro atoms. The Balaban J connectivity index is 0.000000605. The van der Waals surface area contributed by atoms with Gasteiger partial charge in [-0.1, -0.05) is 0 Å². The summed E-state index contributed by atoms with van der Waals surface area (Å²) >= 11 is 0. The van der Waals surface area contributed by atoms with Gasteiger partial charge in [0.25, 0.3) is 0 Å². The molecule has 2 rings (SSSR count). The van der Waals surface area contributed by atoms with E-state index in [1.54, 1.807) is 6.20 Å². The molecule has 11 heavy (non-hydrogen) atoms. The lowest BCUT2D eigenvalue weighted by Gasteiger charge is -1.90. The van der Waals surface area contributed by atoms with Crippen molar-refractivity contribution < 1.29 is 17.0 Å². The lowest BCUT2D eigenvalue weighted by molar-refractivity contribution is -0.00000190. The minimum atomic E-state index is 0. The summed E-state index contributed by atoms with van der Waals surface area (Å²) in [7, 11) is 0. The highest BCUT2D eigenvalue weighted by Crippen LogP contribution is 2.11. The lowest BCUT2D eigenvalue weighted by atomic mass is 10.1. The van der Waals surface area contributed by atoms with Crippen LogP contribution in [0.15, 0.2) is 35.5 Å². The molecule has 0 radical (unpaired) electrons. The maximum atomic E-state index is 3.89. The van der Waals surface area contributed by atoms with Crippen LogP contribution < -0.4 is 17.0 Å². The first-order valence-corrected chi connectivity index (χ1v) is 3.18. The van der Waals surface area contributed by atoms with E-state index in [4.69, 9.17) is 0 Å². The van der Waals surface area contributed by atoms with E-state index in [2.05, 4.69) is 11.2 Å². The minimum Gasteiger partial charge on any atom is -1.00 e. The highest BCUT2D eigenvalue weighted by Gasteiger charge is 2.06. The van der Waals surface area contributed by atoms with Crippen molar-refractivity contribution in [3.63, 3.8) is 0 Å². The normalized spacial score (nSPS) is 11.3. The van der Waals surface area contributed by atoms with Gasteiger partial charge < -0.3 is 17.0 Å². The van der Waals surface area contributed by atoms with E-state index >= 15 is 0 Å². The predicted octanol–water partition coefficient (Wildman–Crippen LogP) is -1.03. The molecule has 1 aromatic rings. The van der Waals surface area contributed by atoms with Crippen LogP contribution in [0.1, 0.15) is 11.1 Å². The highest BCUT2D eigenvalue weighted by molar-refractivity contribution is 5.88. The Labute approximate surface area is 76.2 Å².